The van der Waals surface area contributed by atoms with E-state index < -0.39 is 0 Å². The fourth-order valence-corrected chi connectivity index (χ4v) is 2.45. The number of likely N-dealkylation sites (N-methyl/N-ethyl adjacent to an activating group) is 1. The summed E-state index contributed by atoms with van der Waals surface area (Å²) in [4.78, 5) is 2.24. The molecule has 1 N–H and O–H groups in total. The van der Waals surface area contributed by atoms with E-state index in [-0.39, 0.29) is 0 Å². The molecule has 1 fully saturated rings. The number of nitrogens with zero attached hydrogens (tertiary/aromatic N) is 1. The van der Waals surface area contributed by atoms with Gasteiger partial charge in [-0.1, -0.05) is 25.7 Å². The lowest BCUT2D eigenvalue weighted by Gasteiger charge is -2.19. The van der Waals surface area contributed by atoms with E-state index in [1.54, 1.807) is 0 Å². The third kappa shape index (κ3) is 4.97. The molecule has 0 aromatic rings. The Morgan fingerprint density at radius 1 is 1.29 bits per heavy atom. The average molecular weight is 198 g/mol. The minimum atomic E-state index is 0.631. The van der Waals surface area contributed by atoms with Crippen LogP contribution < -0.4 is 5.32 Å². The van der Waals surface area contributed by atoms with Crippen molar-refractivity contribution in [1.29, 1.82) is 0 Å². The Balaban J connectivity index is 1.96. The molecule has 2 heteroatoms. The summed E-state index contributed by atoms with van der Waals surface area (Å²) >= 11 is 0. The third-order valence-electron chi connectivity index (χ3n) is 3.16. The summed E-state index contributed by atoms with van der Waals surface area (Å²) in [6.07, 6.45) is 7.28. The van der Waals surface area contributed by atoms with Crippen LogP contribution in [0.15, 0.2) is 0 Å². The molecule has 1 aliphatic carbocycles. The van der Waals surface area contributed by atoms with Gasteiger partial charge in [-0.25, -0.2) is 0 Å². The molecular weight excluding hydrogens is 172 g/mol. The van der Waals surface area contributed by atoms with Crippen LogP contribution in [0.25, 0.3) is 0 Å². The summed E-state index contributed by atoms with van der Waals surface area (Å²) in [5.74, 6) is 1.02. The molecular formula is C12H26N2. The minimum Gasteiger partial charge on any atom is -0.313 e. The first-order valence-electron chi connectivity index (χ1n) is 6.06. The van der Waals surface area contributed by atoms with Crippen molar-refractivity contribution in [3.8, 4) is 0 Å². The molecule has 0 aromatic heterocycles. The summed E-state index contributed by atoms with van der Waals surface area (Å²) in [5, 5.41) is 3.60. The number of rotatable bonds is 6. The smallest absolute Gasteiger partial charge is 0.0166 e. The van der Waals surface area contributed by atoms with Crippen molar-refractivity contribution in [2.45, 2.75) is 45.1 Å². The number of hydrogen-bond acceptors (Lipinski definition) is 2. The SMILES string of the molecule is CC(CN(C)C)NCCC1CCCC1. The van der Waals surface area contributed by atoms with E-state index in [9.17, 15) is 0 Å². The van der Waals surface area contributed by atoms with Crippen molar-refractivity contribution in [1.82, 2.24) is 10.2 Å². The quantitative estimate of drug-likeness (QED) is 0.703. The molecule has 0 aliphatic heterocycles. The third-order valence-corrected chi connectivity index (χ3v) is 3.16. The monoisotopic (exact) mass is 198 g/mol. The van der Waals surface area contributed by atoms with Crippen molar-refractivity contribution >= 4 is 0 Å². The number of hydrogen-bond donors (Lipinski definition) is 1. The van der Waals surface area contributed by atoms with Gasteiger partial charge in [0, 0.05) is 12.6 Å². The molecule has 1 aliphatic rings. The van der Waals surface area contributed by atoms with Crippen LogP contribution in [0.1, 0.15) is 39.0 Å². The second-order valence-corrected chi connectivity index (χ2v) is 5.06. The van der Waals surface area contributed by atoms with E-state index in [1.807, 2.05) is 0 Å². The van der Waals surface area contributed by atoms with E-state index >= 15 is 0 Å². The molecule has 0 amide bonds. The molecule has 0 saturated heterocycles. The highest BCUT2D eigenvalue weighted by Gasteiger charge is 2.14. The maximum Gasteiger partial charge on any atom is 0.0166 e. The van der Waals surface area contributed by atoms with Gasteiger partial charge in [-0.2, -0.15) is 0 Å². The Morgan fingerprint density at radius 3 is 2.50 bits per heavy atom. The van der Waals surface area contributed by atoms with Gasteiger partial charge < -0.3 is 10.2 Å². The van der Waals surface area contributed by atoms with E-state index in [2.05, 4.69) is 31.2 Å². The molecule has 14 heavy (non-hydrogen) atoms. The van der Waals surface area contributed by atoms with Crippen LogP contribution in [0.4, 0.5) is 0 Å². The van der Waals surface area contributed by atoms with E-state index in [4.69, 9.17) is 0 Å². The summed E-state index contributed by atoms with van der Waals surface area (Å²) in [7, 11) is 4.27. The lowest BCUT2D eigenvalue weighted by Crippen LogP contribution is -2.36. The Labute approximate surface area is 89.1 Å². The second-order valence-electron chi connectivity index (χ2n) is 5.06. The maximum atomic E-state index is 3.60. The average Bonchev–Trinajstić information content (AvgIpc) is 2.55. The molecule has 1 saturated carbocycles. The van der Waals surface area contributed by atoms with Crippen LogP contribution >= 0.6 is 0 Å². The van der Waals surface area contributed by atoms with Crippen molar-refractivity contribution in [2.75, 3.05) is 27.2 Å². The first-order valence-corrected chi connectivity index (χ1v) is 6.06. The predicted octanol–water partition coefficient (Wildman–Crippen LogP) is 2.11. The van der Waals surface area contributed by atoms with Crippen LogP contribution in [0, 0.1) is 5.92 Å². The molecule has 2 nitrogen and oxygen atoms in total. The van der Waals surface area contributed by atoms with Gasteiger partial charge in [0.05, 0.1) is 0 Å². The summed E-state index contributed by atoms with van der Waals surface area (Å²) in [6, 6.07) is 0.631. The van der Waals surface area contributed by atoms with Gasteiger partial charge in [-0.3, -0.25) is 0 Å². The van der Waals surface area contributed by atoms with Crippen LogP contribution in [0.2, 0.25) is 0 Å². The second kappa shape index (κ2) is 6.41. The van der Waals surface area contributed by atoms with Crippen molar-refractivity contribution in [2.24, 2.45) is 5.92 Å². The van der Waals surface area contributed by atoms with Crippen molar-refractivity contribution < 1.29 is 0 Å². The lowest BCUT2D eigenvalue weighted by molar-refractivity contribution is 0.342. The normalized spacial score (nSPS) is 20.6. The predicted molar refractivity (Wildman–Crippen MR) is 62.6 cm³/mol. The Morgan fingerprint density at radius 2 is 1.93 bits per heavy atom. The van der Waals surface area contributed by atoms with Gasteiger partial charge in [-0.15, -0.1) is 0 Å². The first-order chi connectivity index (χ1) is 6.68. The van der Waals surface area contributed by atoms with Gasteiger partial charge in [0.1, 0.15) is 0 Å². The van der Waals surface area contributed by atoms with Gasteiger partial charge in [0.2, 0.25) is 0 Å². The zero-order chi connectivity index (χ0) is 10.4. The zero-order valence-corrected chi connectivity index (χ0v) is 10.1. The topological polar surface area (TPSA) is 15.3 Å². The van der Waals surface area contributed by atoms with E-state index in [0.29, 0.717) is 6.04 Å². The first kappa shape index (κ1) is 12.0. The minimum absolute atomic E-state index is 0.631. The maximum absolute atomic E-state index is 3.60. The molecule has 0 aromatic carbocycles. The van der Waals surface area contributed by atoms with Gasteiger partial charge in [-0.05, 0) is 39.9 Å². The van der Waals surface area contributed by atoms with Crippen LogP contribution in [0.3, 0.4) is 0 Å². The molecule has 0 spiro atoms. The molecule has 0 radical (unpaired) electrons. The summed E-state index contributed by atoms with van der Waals surface area (Å²) in [5.41, 5.74) is 0. The van der Waals surface area contributed by atoms with Crippen LogP contribution in [-0.4, -0.2) is 38.1 Å². The van der Waals surface area contributed by atoms with Crippen LogP contribution in [-0.2, 0) is 0 Å². The number of nitrogens with one attached hydrogen (secondary N) is 1. The van der Waals surface area contributed by atoms with Gasteiger partial charge in [0.25, 0.3) is 0 Å². The molecule has 0 heterocycles. The molecule has 0 bridgehead atoms. The summed E-state index contributed by atoms with van der Waals surface area (Å²) < 4.78 is 0. The lowest BCUT2D eigenvalue weighted by atomic mass is 10.0. The Bertz CT molecular complexity index is 139. The molecule has 1 atom stereocenters. The van der Waals surface area contributed by atoms with Crippen molar-refractivity contribution in [3.05, 3.63) is 0 Å². The standard InChI is InChI=1S/C12H26N2/c1-11(10-14(2)3)13-9-8-12-6-4-5-7-12/h11-13H,4-10H2,1-3H3. The molecule has 1 unspecified atom stereocenters. The Hall–Kier alpha value is -0.0800. The van der Waals surface area contributed by atoms with Crippen LogP contribution in [0.5, 0.6) is 0 Å². The van der Waals surface area contributed by atoms with E-state index in [1.165, 1.54) is 38.6 Å². The highest BCUT2D eigenvalue weighted by Crippen LogP contribution is 2.26. The summed E-state index contributed by atoms with van der Waals surface area (Å²) in [6.45, 7) is 4.62. The zero-order valence-electron chi connectivity index (χ0n) is 10.1. The van der Waals surface area contributed by atoms with Gasteiger partial charge in [0.15, 0.2) is 0 Å². The fraction of sp³-hybridized carbons (Fsp3) is 1.00. The van der Waals surface area contributed by atoms with E-state index in [0.717, 1.165) is 12.5 Å². The fourth-order valence-electron chi connectivity index (χ4n) is 2.45. The highest BCUT2D eigenvalue weighted by molar-refractivity contribution is 4.70. The Kier molecular flexibility index (Phi) is 5.49. The largest absolute Gasteiger partial charge is 0.313 e. The highest BCUT2D eigenvalue weighted by atomic mass is 15.1. The molecule has 84 valence electrons. The molecule has 1 rings (SSSR count). The van der Waals surface area contributed by atoms with Crippen molar-refractivity contribution in [3.63, 3.8) is 0 Å². The van der Waals surface area contributed by atoms with Gasteiger partial charge >= 0.3 is 0 Å².